The van der Waals surface area contributed by atoms with Crippen LogP contribution < -0.4 is 5.73 Å². The molecule has 2 N–H and O–H groups in total. The second kappa shape index (κ2) is 7.06. The first-order chi connectivity index (χ1) is 9.16. The Kier molecular flexibility index (Phi) is 5.41. The van der Waals surface area contributed by atoms with Crippen molar-refractivity contribution < 1.29 is 0 Å². The van der Waals surface area contributed by atoms with Gasteiger partial charge in [-0.15, -0.1) is 0 Å². The molecule has 0 amide bonds. The van der Waals surface area contributed by atoms with Crippen LogP contribution in [0, 0.1) is 5.92 Å². The van der Waals surface area contributed by atoms with Gasteiger partial charge in [-0.2, -0.15) is 0 Å². The summed E-state index contributed by atoms with van der Waals surface area (Å²) in [5.74, 6) is 0.767. The zero-order chi connectivity index (χ0) is 13.7. The van der Waals surface area contributed by atoms with E-state index in [1.807, 2.05) is 6.07 Å². The summed E-state index contributed by atoms with van der Waals surface area (Å²) >= 11 is 0. The predicted molar refractivity (Wildman–Crippen MR) is 82.0 cm³/mol. The van der Waals surface area contributed by atoms with Gasteiger partial charge in [0.1, 0.15) is 0 Å². The molecule has 1 aliphatic rings. The van der Waals surface area contributed by atoms with E-state index in [2.05, 4.69) is 43.0 Å². The molecule has 0 saturated heterocycles. The Morgan fingerprint density at radius 1 is 1.21 bits per heavy atom. The van der Waals surface area contributed by atoms with Gasteiger partial charge >= 0.3 is 0 Å². The lowest BCUT2D eigenvalue weighted by atomic mass is 10.0. The summed E-state index contributed by atoms with van der Waals surface area (Å²) in [6.45, 7) is 7.07. The van der Waals surface area contributed by atoms with Gasteiger partial charge in [-0.1, -0.05) is 44.2 Å². The third-order valence-corrected chi connectivity index (χ3v) is 3.85. The summed E-state index contributed by atoms with van der Waals surface area (Å²) in [5.41, 5.74) is 7.52. The van der Waals surface area contributed by atoms with Crippen LogP contribution in [0.4, 0.5) is 0 Å². The van der Waals surface area contributed by atoms with E-state index >= 15 is 0 Å². The minimum atomic E-state index is 0.196. The SMILES string of the molecule is CC(C)CN(CCCC(N)c1ccccc1)C1CC1. The lowest BCUT2D eigenvalue weighted by molar-refractivity contribution is 0.228. The molecule has 2 heteroatoms. The van der Waals surface area contributed by atoms with Crippen LogP contribution in [0.3, 0.4) is 0 Å². The van der Waals surface area contributed by atoms with Gasteiger partial charge in [-0.05, 0) is 43.7 Å². The number of hydrogen-bond acceptors (Lipinski definition) is 2. The summed E-state index contributed by atoms with van der Waals surface area (Å²) in [6, 6.07) is 11.5. The standard InChI is InChI=1S/C17H28N2/c1-14(2)13-19(16-10-11-16)12-6-9-17(18)15-7-4-3-5-8-15/h3-5,7-8,14,16-17H,6,9-13,18H2,1-2H3. The van der Waals surface area contributed by atoms with Crippen molar-refractivity contribution >= 4 is 0 Å². The van der Waals surface area contributed by atoms with Gasteiger partial charge in [-0.3, -0.25) is 0 Å². The normalized spacial score (nSPS) is 17.1. The molecule has 0 spiro atoms. The molecule has 2 nitrogen and oxygen atoms in total. The molecule has 0 radical (unpaired) electrons. The molecular weight excluding hydrogens is 232 g/mol. The predicted octanol–water partition coefficient (Wildman–Crippen LogP) is 3.59. The minimum absolute atomic E-state index is 0.196. The summed E-state index contributed by atoms with van der Waals surface area (Å²) < 4.78 is 0. The molecule has 1 atom stereocenters. The van der Waals surface area contributed by atoms with Crippen LogP contribution in [0.15, 0.2) is 30.3 Å². The van der Waals surface area contributed by atoms with Crippen molar-refractivity contribution in [3.8, 4) is 0 Å². The summed E-state index contributed by atoms with van der Waals surface area (Å²) in [7, 11) is 0. The van der Waals surface area contributed by atoms with E-state index in [1.54, 1.807) is 0 Å². The van der Waals surface area contributed by atoms with Gasteiger partial charge in [0.2, 0.25) is 0 Å². The highest BCUT2D eigenvalue weighted by Gasteiger charge is 2.28. The number of benzene rings is 1. The molecule has 1 unspecified atom stereocenters. The first-order valence-electron chi connectivity index (χ1n) is 7.71. The Hall–Kier alpha value is -0.860. The van der Waals surface area contributed by atoms with Crippen molar-refractivity contribution in [2.24, 2.45) is 11.7 Å². The van der Waals surface area contributed by atoms with Crippen molar-refractivity contribution in [1.82, 2.24) is 4.90 Å². The molecule has 19 heavy (non-hydrogen) atoms. The second-order valence-electron chi connectivity index (χ2n) is 6.28. The summed E-state index contributed by atoms with van der Waals surface area (Å²) in [5, 5.41) is 0. The maximum atomic E-state index is 6.26. The van der Waals surface area contributed by atoms with Crippen molar-refractivity contribution in [1.29, 1.82) is 0 Å². The van der Waals surface area contributed by atoms with E-state index in [-0.39, 0.29) is 6.04 Å². The summed E-state index contributed by atoms with van der Waals surface area (Å²) in [4.78, 5) is 2.67. The van der Waals surface area contributed by atoms with Gasteiger partial charge in [-0.25, -0.2) is 0 Å². The highest BCUT2D eigenvalue weighted by molar-refractivity contribution is 5.18. The molecule has 0 bridgehead atoms. The smallest absolute Gasteiger partial charge is 0.0295 e. The molecule has 106 valence electrons. The van der Waals surface area contributed by atoms with E-state index in [0.29, 0.717) is 0 Å². The van der Waals surface area contributed by atoms with Crippen LogP contribution in [0.2, 0.25) is 0 Å². The van der Waals surface area contributed by atoms with Gasteiger partial charge in [0, 0.05) is 18.6 Å². The van der Waals surface area contributed by atoms with Crippen LogP contribution in [-0.2, 0) is 0 Å². The van der Waals surface area contributed by atoms with E-state index in [9.17, 15) is 0 Å². The number of nitrogens with zero attached hydrogens (tertiary/aromatic N) is 1. The topological polar surface area (TPSA) is 29.3 Å². The fraction of sp³-hybridized carbons (Fsp3) is 0.647. The second-order valence-corrected chi connectivity index (χ2v) is 6.28. The number of hydrogen-bond donors (Lipinski definition) is 1. The lowest BCUT2D eigenvalue weighted by Gasteiger charge is -2.24. The monoisotopic (exact) mass is 260 g/mol. The van der Waals surface area contributed by atoms with Gasteiger partial charge in [0.05, 0.1) is 0 Å². The Morgan fingerprint density at radius 3 is 2.47 bits per heavy atom. The zero-order valence-corrected chi connectivity index (χ0v) is 12.4. The van der Waals surface area contributed by atoms with Crippen LogP contribution in [-0.4, -0.2) is 24.0 Å². The first kappa shape index (κ1) is 14.5. The van der Waals surface area contributed by atoms with E-state index in [0.717, 1.165) is 18.4 Å². The average molecular weight is 260 g/mol. The summed E-state index contributed by atoms with van der Waals surface area (Å²) in [6.07, 6.45) is 5.10. The van der Waals surface area contributed by atoms with Crippen LogP contribution in [0.25, 0.3) is 0 Å². The van der Waals surface area contributed by atoms with Crippen molar-refractivity contribution in [3.63, 3.8) is 0 Å². The number of nitrogens with two attached hydrogens (primary N) is 1. The lowest BCUT2D eigenvalue weighted by Crippen LogP contribution is -2.31. The molecular formula is C17H28N2. The van der Waals surface area contributed by atoms with E-state index in [4.69, 9.17) is 5.73 Å². The minimum Gasteiger partial charge on any atom is -0.324 e. The Labute approximate surface area is 118 Å². The molecule has 1 fully saturated rings. The first-order valence-corrected chi connectivity index (χ1v) is 7.71. The van der Waals surface area contributed by atoms with E-state index < -0.39 is 0 Å². The maximum absolute atomic E-state index is 6.26. The third-order valence-electron chi connectivity index (χ3n) is 3.85. The Balaban J connectivity index is 1.72. The fourth-order valence-corrected chi connectivity index (χ4v) is 2.71. The molecule has 0 aromatic heterocycles. The Bertz CT molecular complexity index is 357. The van der Waals surface area contributed by atoms with Crippen molar-refractivity contribution in [2.75, 3.05) is 13.1 Å². The van der Waals surface area contributed by atoms with Gasteiger partial charge in [0.15, 0.2) is 0 Å². The number of rotatable bonds is 8. The average Bonchev–Trinajstić information content (AvgIpc) is 3.22. The van der Waals surface area contributed by atoms with Crippen LogP contribution in [0.1, 0.15) is 51.1 Å². The fourth-order valence-electron chi connectivity index (χ4n) is 2.71. The highest BCUT2D eigenvalue weighted by Crippen LogP contribution is 2.28. The molecule has 0 aliphatic heterocycles. The van der Waals surface area contributed by atoms with Gasteiger partial charge in [0.25, 0.3) is 0 Å². The van der Waals surface area contributed by atoms with Crippen molar-refractivity contribution in [2.45, 2.75) is 51.6 Å². The van der Waals surface area contributed by atoms with Gasteiger partial charge < -0.3 is 10.6 Å². The van der Waals surface area contributed by atoms with Crippen LogP contribution >= 0.6 is 0 Å². The van der Waals surface area contributed by atoms with Crippen molar-refractivity contribution in [3.05, 3.63) is 35.9 Å². The third kappa shape index (κ3) is 4.96. The Morgan fingerprint density at radius 2 is 1.89 bits per heavy atom. The molecule has 1 saturated carbocycles. The maximum Gasteiger partial charge on any atom is 0.0295 e. The van der Waals surface area contributed by atoms with Crippen LogP contribution in [0.5, 0.6) is 0 Å². The highest BCUT2D eigenvalue weighted by atomic mass is 15.2. The largest absolute Gasteiger partial charge is 0.324 e. The molecule has 2 rings (SSSR count). The quantitative estimate of drug-likeness (QED) is 0.774. The molecule has 1 aromatic rings. The van der Waals surface area contributed by atoms with E-state index in [1.165, 1.54) is 37.9 Å². The molecule has 1 aliphatic carbocycles. The molecule has 0 heterocycles. The zero-order valence-electron chi connectivity index (χ0n) is 12.4. The molecule has 1 aromatic carbocycles.